The van der Waals surface area contributed by atoms with Gasteiger partial charge in [-0.1, -0.05) is 36.4 Å². The van der Waals surface area contributed by atoms with Crippen molar-refractivity contribution >= 4 is 27.0 Å². The molecule has 2 unspecified atom stereocenters. The summed E-state index contributed by atoms with van der Waals surface area (Å²) in [5.41, 5.74) is 8.97. The number of sulfonamides is 1. The molecule has 1 aliphatic rings. The fourth-order valence-corrected chi connectivity index (χ4v) is 6.26. The number of para-hydroxylation sites is 2. The molecule has 0 radical (unpaired) electrons. The maximum Gasteiger partial charge on any atom is 0.245 e. The Labute approximate surface area is 176 Å². The Morgan fingerprint density at radius 1 is 1.17 bits per heavy atom. The van der Waals surface area contributed by atoms with E-state index in [2.05, 4.69) is 9.97 Å². The van der Waals surface area contributed by atoms with Gasteiger partial charge < -0.3 is 10.7 Å². The largest absolute Gasteiger partial charge is 0.341 e. The Balaban J connectivity index is 1.52. The summed E-state index contributed by atoms with van der Waals surface area (Å²) in [6.07, 6.45) is 0.530. The minimum Gasteiger partial charge on any atom is -0.341 e. The number of amides is 1. The lowest BCUT2D eigenvalue weighted by Crippen LogP contribution is -2.45. The van der Waals surface area contributed by atoms with Gasteiger partial charge >= 0.3 is 0 Å². The highest BCUT2D eigenvalue weighted by Crippen LogP contribution is 2.40. The van der Waals surface area contributed by atoms with E-state index in [1.807, 2.05) is 36.4 Å². The zero-order chi connectivity index (χ0) is 21.7. The van der Waals surface area contributed by atoms with Crippen LogP contribution in [0.1, 0.15) is 55.4 Å². The molecule has 1 aromatic heterocycles. The monoisotopic (exact) mass is 426 g/mol. The fraction of sp³-hybridized carbons (Fsp3) is 0.364. The highest BCUT2D eigenvalue weighted by Gasteiger charge is 2.49. The number of fused-ring (bicyclic) bond motifs is 1. The zero-order valence-corrected chi connectivity index (χ0v) is 18.1. The highest BCUT2D eigenvalue weighted by molar-refractivity contribution is 7.90. The molecule has 2 aromatic carbocycles. The van der Waals surface area contributed by atoms with Crippen molar-refractivity contribution in [2.24, 2.45) is 5.73 Å². The van der Waals surface area contributed by atoms with Gasteiger partial charge in [-0.05, 0) is 50.5 Å². The van der Waals surface area contributed by atoms with Gasteiger partial charge in [0.25, 0.3) is 0 Å². The molecule has 3 aromatic rings. The first-order valence-electron chi connectivity index (χ1n) is 9.93. The van der Waals surface area contributed by atoms with E-state index in [1.165, 1.54) is 0 Å². The van der Waals surface area contributed by atoms with Crippen LogP contribution in [0.4, 0.5) is 0 Å². The van der Waals surface area contributed by atoms with Crippen LogP contribution in [-0.2, 0) is 21.2 Å². The molecule has 0 aliphatic carbocycles. The molecule has 0 saturated carbocycles. The van der Waals surface area contributed by atoms with E-state index in [0.717, 1.165) is 20.9 Å². The molecule has 7 nitrogen and oxygen atoms in total. The Morgan fingerprint density at radius 2 is 1.83 bits per heavy atom. The van der Waals surface area contributed by atoms with Gasteiger partial charge in [-0.3, -0.25) is 4.79 Å². The second kappa shape index (κ2) is 7.21. The van der Waals surface area contributed by atoms with Crippen molar-refractivity contribution in [1.82, 2.24) is 14.3 Å². The van der Waals surface area contributed by atoms with Crippen LogP contribution in [0.25, 0.3) is 11.0 Å². The minimum absolute atomic E-state index is 0.0303. The maximum absolute atomic E-state index is 13.0. The number of imidazole rings is 1. The first-order chi connectivity index (χ1) is 14.1. The van der Waals surface area contributed by atoms with Gasteiger partial charge in [0.15, 0.2) is 0 Å². The van der Waals surface area contributed by atoms with Gasteiger partial charge in [0.1, 0.15) is 11.1 Å². The second-order valence-electron chi connectivity index (χ2n) is 8.76. The summed E-state index contributed by atoms with van der Waals surface area (Å²) < 4.78 is 26.9. The predicted octanol–water partition coefficient (Wildman–Crippen LogP) is 3.21. The lowest BCUT2D eigenvalue weighted by molar-refractivity contribution is -0.128. The maximum atomic E-state index is 13.0. The quantitative estimate of drug-likeness (QED) is 0.666. The van der Waals surface area contributed by atoms with E-state index in [9.17, 15) is 13.2 Å². The van der Waals surface area contributed by atoms with E-state index < -0.39 is 20.8 Å². The van der Waals surface area contributed by atoms with E-state index in [4.69, 9.17) is 5.73 Å². The lowest BCUT2D eigenvalue weighted by atomic mass is 10.0. The smallest absolute Gasteiger partial charge is 0.245 e. The van der Waals surface area contributed by atoms with E-state index >= 15 is 0 Å². The highest BCUT2D eigenvalue weighted by atomic mass is 32.2. The first-order valence-corrected chi connectivity index (χ1v) is 11.4. The van der Waals surface area contributed by atoms with Gasteiger partial charge in [-0.2, -0.15) is 0 Å². The van der Waals surface area contributed by atoms with Crippen molar-refractivity contribution in [3.05, 3.63) is 65.5 Å². The van der Waals surface area contributed by atoms with E-state index in [-0.39, 0.29) is 18.4 Å². The predicted molar refractivity (Wildman–Crippen MR) is 116 cm³/mol. The number of carbonyl (C=O) groups is 1. The Kier molecular flexibility index (Phi) is 4.94. The third kappa shape index (κ3) is 3.61. The van der Waals surface area contributed by atoms with Crippen molar-refractivity contribution in [3.63, 3.8) is 0 Å². The van der Waals surface area contributed by atoms with Gasteiger partial charge in [0, 0.05) is 0 Å². The Bertz CT molecular complexity index is 1160. The summed E-state index contributed by atoms with van der Waals surface area (Å²) in [5.74, 6) is 0.355. The summed E-state index contributed by atoms with van der Waals surface area (Å²) in [4.78, 5) is 20.2. The number of nitrogens with zero attached hydrogens (tertiary/aromatic N) is 2. The SMILES string of the molecule is CC(C)(C)N1C(=O)CC(c2ccc(CC(N)c3nc4ccccc4[nH]3)cc2)S1(=O)=O. The number of benzene rings is 2. The van der Waals surface area contributed by atoms with Crippen molar-refractivity contribution in [2.75, 3.05) is 0 Å². The second-order valence-corrected chi connectivity index (χ2v) is 10.7. The van der Waals surface area contributed by atoms with Crippen LogP contribution in [0.5, 0.6) is 0 Å². The average Bonchev–Trinajstić information content (AvgIpc) is 3.19. The standard InChI is InChI=1S/C22H26N4O3S/c1-22(2,3)26-20(27)13-19(30(26,28)29)15-10-8-14(9-11-15)12-16(23)21-24-17-6-4-5-7-18(17)25-21/h4-11,16,19H,12-13,23H2,1-3H3,(H,24,25). The summed E-state index contributed by atoms with van der Waals surface area (Å²) in [6.45, 7) is 5.19. The van der Waals surface area contributed by atoms with Crippen LogP contribution < -0.4 is 5.73 Å². The number of hydrogen-bond acceptors (Lipinski definition) is 5. The number of H-pyrrole nitrogens is 1. The first kappa shape index (κ1) is 20.6. The average molecular weight is 427 g/mol. The molecule has 3 N–H and O–H groups in total. The minimum atomic E-state index is -3.74. The van der Waals surface area contributed by atoms with Crippen LogP contribution in [-0.4, -0.2) is 34.1 Å². The molecule has 8 heteroatoms. The van der Waals surface area contributed by atoms with Crippen LogP contribution in [0, 0.1) is 0 Å². The normalized spacial score (nSPS) is 20.1. The Hall–Kier alpha value is -2.71. The molecule has 158 valence electrons. The van der Waals surface area contributed by atoms with Crippen molar-refractivity contribution < 1.29 is 13.2 Å². The molecule has 1 aliphatic heterocycles. The number of nitrogens with two attached hydrogens (primary N) is 1. The summed E-state index contributed by atoms with van der Waals surface area (Å²) >= 11 is 0. The lowest BCUT2D eigenvalue weighted by Gasteiger charge is -2.30. The molecule has 1 amide bonds. The third-order valence-corrected chi connectivity index (χ3v) is 7.79. The van der Waals surface area contributed by atoms with Crippen LogP contribution >= 0.6 is 0 Å². The van der Waals surface area contributed by atoms with Gasteiger partial charge in [0.05, 0.1) is 29.0 Å². The molecule has 1 saturated heterocycles. The van der Waals surface area contributed by atoms with Gasteiger partial charge in [0.2, 0.25) is 15.9 Å². The number of aromatic nitrogens is 2. The van der Waals surface area contributed by atoms with Crippen molar-refractivity contribution in [2.45, 2.75) is 50.4 Å². The number of carbonyl (C=O) groups excluding carboxylic acids is 1. The molecular weight excluding hydrogens is 400 g/mol. The van der Waals surface area contributed by atoms with E-state index in [1.54, 1.807) is 32.9 Å². The van der Waals surface area contributed by atoms with Gasteiger partial charge in [-0.25, -0.2) is 17.7 Å². The van der Waals surface area contributed by atoms with Crippen molar-refractivity contribution in [3.8, 4) is 0 Å². The van der Waals surface area contributed by atoms with Gasteiger partial charge in [-0.15, -0.1) is 0 Å². The van der Waals surface area contributed by atoms with E-state index in [0.29, 0.717) is 17.8 Å². The third-order valence-electron chi connectivity index (χ3n) is 5.38. The van der Waals surface area contributed by atoms with Crippen molar-refractivity contribution in [1.29, 1.82) is 0 Å². The topological polar surface area (TPSA) is 109 Å². The molecule has 2 atom stereocenters. The summed E-state index contributed by atoms with van der Waals surface area (Å²) in [5, 5.41) is -0.845. The zero-order valence-electron chi connectivity index (χ0n) is 17.3. The molecule has 1 fully saturated rings. The van der Waals surface area contributed by atoms with Crippen LogP contribution in [0.15, 0.2) is 48.5 Å². The number of aromatic amines is 1. The molecule has 4 rings (SSSR count). The molecule has 0 spiro atoms. The molecule has 2 heterocycles. The molecular formula is C22H26N4O3S. The number of nitrogens with one attached hydrogen (secondary N) is 1. The Morgan fingerprint density at radius 3 is 2.43 bits per heavy atom. The summed E-state index contributed by atoms with van der Waals surface area (Å²) in [7, 11) is -3.74. The molecule has 30 heavy (non-hydrogen) atoms. The van der Waals surface area contributed by atoms with Crippen LogP contribution in [0.2, 0.25) is 0 Å². The molecule has 0 bridgehead atoms. The summed E-state index contributed by atoms with van der Waals surface area (Å²) in [6, 6.07) is 14.8. The number of rotatable bonds is 4. The number of hydrogen-bond donors (Lipinski definition) is 2. The van der Waals surface area contributed by atoms with Crippen LogP contribution in [0.3, 0.4) is 0 Å². The fourth-order valence-electron chi connectivity index (χ4n) is 4.03.